The van der Waals surface area contributed by atoms with Gasteiger partial charge in [-0.15, -0.1) is 0 Å². The highest BCUT2D eigenvalue weighted by Crippen LogP contribution is 2.09. The lowest BCUT2D eigenvalue weighted by Crippen LogP contribution is -2.36. The maximum atomic E-state index is 10.9. The standard InChI is InChI=1S/C7H13NO/c1-6-5-8(2)4-3-7(6)9/h6H,3-5H2,1-2H3/t6-/m0/s1. The number of ketones is 1. The van der Waals surface area contributed by atoms with Crippen molar-refractivity contribution < 1.29 is 4.79 Å². The highest BCUT2D eigenvalue weighted by molar-refractivity contribution is 5.81. The molecule has 2 nitrogen and oxygen atoms in total. The predicted molar refractivity (Wildman–Crippen MR) is 36.3 cm³/mol. The summed E-state index contributed by atoms with van der Waals surface area (Å²) in [4.78, 5) is 13.1. The van der Waals surface area contributed by atoms with E-state index in [1.807, 2.05) is 6.92 Å². The first-order chi connectivity index (χ1) is 4.20. The third kappa shape index (κ3) is 1.52. The molecule has 0 unspecified atom stereocenters. The summed E-state index contributed by atoms with van der Waals surface area (Å²) >= 11 is 0. The van der Waals surface area contributed by atoms with Crippen LogP contribution in [0.1, 0.15) is 13.3 Å². The van der Waals surface area contributed by atoms with Crippen LogP contribution in [0.4, 0.5) is 0 Å². The number of likely N-dealkylation sites (tertiary alicyclic amines) is 1. The molecule has 0 bridgehead atoms. The number of carbonyl (C=O) groups excluding carboxylic acids is 1. The number of nitrogens with zero attached hydrogens (tertiary/aromatic N) is 1. The van der Waals surface area contributed by atoms with Gasteiger partial charge in [0.2, 0.25) is 0 Å². The first-order valence-electron chi connectivity index (χ1n) is 3.41. The van der Waals surface area contributed by atoms with E-state index in [0.29, 0.717) is 5.78 Å². The SMILES string of the molecule is C[C@H]1CN(C)CCC1=O. The lowest BCUT2D eigenvalue weighted by atomic mass is 9.99. The summed E-state index contributed by atoms with van der Waals surface area (Å²) in [6.45, 7) is 3.89. The molecule has 0 aromatic rings. The number of rotatable bonds is 0. The molecule has 0 spiro atoms. The van der Waals surface area contributed by atoms with E-state index in [1.54, 1.807) is 0 Å². The van der Waals surface area contributed by atoms with E-state index in [2.05, 4.69) is 11.9 Å². The Kier molecular flexibility index (Phi) is 1.86. The summed E-state index contributed by atoms with van der Waals surface area (Å²) in [6.07, 6.45) is 0.748. The Morgan fingerprint density at radius 1 is 1.67 bits per heavy atom. The average Bonchev–Trinajstić information content (AvgIpc) is 1.80. The molecule has 1 saturated heterocycles. The van der Waals surface area contributed by atoms with Gasteiger partial charge in [-0.25, -0.2) is 0 Å². The fourth-order valence-electron chi connectivity index (χ4n) is 1.21. The molecule has 1 rings (SSSR count). The zero-order valence-electron chi connectivity index (χ0n) is 6.05. The van der Waals surface area contributed by atoms with Crippen molar-refractivity contribution in [3.8, 4) is 0 Å². The van der Waals surface area contributed by atoms with Gasteiger partial charge in [-0.3, -0.25) is 4.79 Å². The van der Waals surface area contributed by atoms with E-state index in [9.17, 15) is 4.79 Å². The van der Waals surface area contributed by atoms with E-state index in [1.165, 1.54) is 0 Å². The van der Waals surface area contributed by atoms with Gasteiger partial charge >= 0.3 is 0 Å². The molecule has 9 heavy (non-hydrogen) atoms. The summed E-state index contributed by atoms with van der Waals surface area (Å²) in [5, 5.41) is 0. The fraction of sp³-hybridized carbons (Fsp3) is 0.857. The number of piperidine rings is 1. The molecule has 0 radical (unpaired) electrons. The van der Waals surface area contributed by atoms with Gasteiger partial charge in [0.15, 0.2) is 0 Å². The van der Waals surface area contributed by atoms with Gasteiger partial charge in [-0.05, 0) is 7.05 Å². The van der Waals surface area contributed by atoms with Crippen molar-refractivity contribution in [3.05, 3.63) is 0 Å². The molecule has 2 heteroatoms. The predicted octanol–water partition coefficient (Wildman–Crippen LogP) is 0.527. The van der Waals surface area contributed by atoms with Gasteiger partial charge in [0, 0.05) is 25.4 Å². The van der Waals surface area contributed by atoms with Crippen molar-refractivity contribution in [1.29, 1.82) is 0 Å². The molecule has 0 aromatic carbocycles. The van der Waals surface area contributed by atoms with Crippen LogP contribution >= 0.6 is 0 Å². The maximum absolute atomic E-state index is 10.9. The zero-order chi connectivity index (χ0) is 6.85. The third-order valence-corrected chi connectivity index (χ3v) is 1.88. The molecule has 1 aliphatic rings. The lowest BCUT2D eigenvalue weighted by molar-refractivity contribution is -0.125. The Balaban J connectivity index is 2.44. The van der Waals surface area contributed by atoms with Crippen LogP contribution in [0.5, 0.6) is 0 Å². The molecule has 1 atom stereocenters. The van der Waals surface area contributed by atoms with Crippen LogP contribution in [-0.4, -0.2) is 30.8 Å². The van der Waals surface area contributed by atoms with Crippen molar-refractivity contribution in [3.63, 3.8) is 0 Å². The molecule has 0 amide bonds. The van der Waals surface area contributed by atoms with Crippen molar-refractivity contribution in [2.75, 3.05) is 20.1 Å². The van der Waals surface area contributed by atoms with Gasteiger partial charge in [0.25, 0.3) is 0 Å². The highest BCUT2D eigenvalue weighted by atomic mass is 16.1. The summed E-state index contributed by atoms with van der Waals surface area (Å²) in [7, 11) is 2.06. The summed E-state index contributed by atoms with van der Waals surface area (Å²) in [5.74, 6) is 0.692. The minimum Gasteiger partial charge on any atom is -0.305 e. The minimum atomic E-state index is 0.267. The number of hydrogen-bond acceptors (Lipinski definition) is 2. The fourth-order valence-corrected chi connectivity index (χ4v) is 1.21. The first-order valence-corrected chi connectivity index (χ1v) is 3.41. The van der Waals surface area contributed by atoms with Gasteiger partial charge in [-0.2, -0.15) is 0 Å². The number of Topliss-reactive ketones (excluding diaryl/α,β-unsaturated/α-hetero) is 1. The second kappa shape index (κ2) is 2.48. The van der Waals surface area contributed by atoms with Crippen LogP contribution in [0.2, 0.25) is 0 Å². The zero-order valence-corrected chi connectivity index (χ0v) is 6.05. The molecule has 0 aromatic heterocycles. The van der Waals surface area contributed by atoms with Gasteiger partial charge < -0.3 is 4.90 Å². The highest BCUT2D eigenvalue weighted by Gasteiger charge is 2.20. The first kappa shape index (κ1) is 6.75. The van der Waals surface area contributed by atoms with Crippen molar-refractivity contribution >= 4 is 5.78 Å². The number of carbonyl (C=O) groups is 1. The van der Waals surface area contributed by atoms with E-state index in [-0.39, 0.29) is 5.92 Å². The van der Waals surface area contributed by atoms with Crippen molar-refractivity contribution in [2.24, 2.45) is 5.92 Å². The Morgan fingerprint density at radius 2 is 2.33 bits per heavy atom. The van der Waals surface area contributed by atoms with Gasteiger partial charge in [-0.1, -0.05) is 6.92 Å². The van der Waals surface area contributed by atoms with Crippen LogP contribution in [0.15, 0.2) is 0 Å². The summed E-state index contributed by atoms with van der Waals surface area (Å²) in [6, 6.07) is 0. The third-order valence-electron chi connectivity index (χ3n) is 1.88. The number of hydrogen-bond donors (Lipinski definition) is 0. The largest absolute Gasteiger partial charge is 0.305 e. The minimum absolute atomic E-state index is 0.267. The Morgan fingerprint density at radius 3 is 2.78 bits per heavy atom. The maximum Gasteiger partial charge on any atom is 0.138 e. The second-order valence-corrected chi connectivity index (χ2v) is 2.88. The van der Waals surface area contributed by atoms with Gasteiger partial charge in [0.1, 0.15) is 5.78 Å². The van der Waals surface area contributed by atoms with Crippen molar-refractivity contribution in [1.82, 2.24) is 4.90 Å². The van der Waals surface area contributed by atoms with Gasteiger partial charge in [0.05, 0.1) is 0 Å². The Bertz CT molecular complexity index is 122. The van der Waals surface area contributed by atoms with Crippen molar-refractivity contribution in [2.45, 2.75) is 13.3 Å². The second-order valence-electron chi connectivity index (χ2n) is 2.88. The normalized spacial score (nSPS) is 30.9. The van der Waals surface area contributed by atoms with Crippen LogP contribution < -0.4 is 0 Å². The summed E-state index contributed by atoms with van der Waals surface area (Å²) < 4.78 is 0. The van der Waals surface area contributed by atoms with E-state index in [4.69, 9.17) is 0 Å². The molecule has 52 valence electrons. The van der Waals surface area contributed by atoms with E-state index < -0.39 is 0 Å². The Hall–Kier alpha value is -0.370. The molecule has 1 aliphatic heterocycles. The summed E-state index contributed by atoms with van der Waals surface area (Å²) in [5.41, 5.74) is 0. The smallest absolute Gasteiger partial charge is 0.138 e. The van der Waals surface area contributed by atoms with Crippen LogP contribution in [-0.2, 0) is 4.79 Å². The molecule has 0 N–H and O–H groups in total. The average molecular weight is 127 g/mol. The van der Waals surface area contributed by atoms with E-state index >= 15 is 0 Å². The molecular weight excluding hydrogens is 114 g/mol. The molecular formula is C7H13NO. The van der Waals surface area contributed by atoms with E-state index in [0.717, 1.165) is 19.5 Å². The molecule has 1 heterocycles. The lowest BCUT2D eigenvalue weighted by Gasteiger charge is -2.25. The Labute approximate surface area is 55.8 Å². The van der Waals surface area contributed by atoms with Crippen LogP contribution in [0, 0.1) is 5.92 Å². The van der Waals surface area contributed by atoms with Crippen LogP contribution in [0.25, 0.3) is 0 Å². The monoisotopic (exact) mass is 127 g/mol. The molecule has 0 saturated carbocycles. The quantitative estimate of drug-likeness (QED) is 0.473. The molecule has 0 aliphatic carbocycles. The topological polar surface area (TPSA) is 20.3 Å². The molecule has 1 fully saturated rings. The van der Waals surface area contributed by atoms with Crippen LogP contribution in [0.3, 0.4) is 0 Å².